The van der Waals surface area contributed by atoms with Crippen LogP contribution in [-0.4, -0.2) is 5.78 Å². The van der Waals surface area contributed by atoms with Crippen molar-refractivity contribution in [1.29, 1.82) is 15.8 Å². The SMILES string of the molecule is CCC[C@@H]1C(C#N)(C#N)C(C#N)=C(N)[C@]1(C)C(C)=O. The standard InChI is InChI=1S/C14H16N4O/c1-4-5-11-13(3,9(2)19)12(18)10(6-15)14(11,7-16)8-17/h11H,4-5,18H2,1-3H3/t11-,13+/m0/s1. The van der Waals surface area contributed by atoms with E-state index in [1.165, 1.54) is 6.92 Å². The van der Waals surface area contributed by atoms with Crippen LogP contribution >= 0.6 is 0 Å². The summed E-state index contributed by atoms with van der Waals surface area (Å²) >= 11 is 0. The normalized spacial score (nSPS) is 28.3. The molecule has 0 saturated carbocycles. The van der Waals surface area contributed by atoms with Crippen molar-refractivity contribution >= 4 is 5.78 Å². The molecule has 0 fully saturated rings. The third-order valence-corrected chi connectivity index (χ3v) is 4.22. The van der Waals surface area contributed by atoms with Crippen LogP contribution in [0.3, 0.4) is 0 Å². The topological polar surface area (TPSA) is 114 Å². The molecule has 0 unspecified atom stereocenters. The number of Topliss-reactive ketones (excluding diaryl/α,β-unsaturated/α-hetero) is 1. The molecular formula is C14H16N4O. The fourth-order valence-corrected chi connectivity index (χ4v) is 2.94. The number of allylic oxidation sites excluding steroid dienone is 2. The first-order valence-electron chi connectivity index (χ1n) is 6.11. The minimum absolute atomic E-state index is 0.0614. The fraction of sp³-hybridized carbons (Fsp3) is 0.571. The molecule has 0 aromatic heterocycles. The maximum Gasteiger partial charge on any atom is 0.184 e. The second-order valence-corrected chi connectivity index (χ2v) is 5.03. The molecule has 0 bridgehead atoms. The van der Waals surface area contributed by atoms with E-state index >= 15 is 0 Å². The zero-order valence-electron chi connectivity index (χ0n) is 11.3. The Morgan fingerprint density at radius 2 is 1.89 bits per heavy atom. The van der Waals surface area contributed by atoms with Gasteiger partial charge in [0, 0.05) is 11.6 Å². The molecule has 0 amide bonds. The molecule has 0 aromatic carbocycles. The summed E-state index contributed by atoms with van der Waals surface area (Å²) in [5.74, 6) is -0.796. The number of nitrogens with zero attached hydrogens (tertiary/aromatic N) is 3. The van der Waals surface area contributed by atoms with Crippen molar-refractivity contribution < 1.29 is 4.79 Å². The van der Waals surface area contributed by atoms with E-state index in [9.17, 15) is 20.6 Å². The maximum atomic E-state index is 12.0. The lowest BCUT2D eigenvalue weighted by Gasteiger charge is -2.34. The number of hydrogen-bond donors (Lipinski definition) is 1. The molecule has 5 heteroatoms. The molecule has 1 aliphatic rings. The zero-order valence-corrected chi connectivity index (χ0v) is 11.3. The van der Waals surface area contributed by atoms with E-state index in [0.717, 1.165) is 0 Å². The van der Waals surface area contributed by atoms with Crippen molar-refractivity contribution in [3.8, 4) is 18.2 Å². The molecule has 0 spiro atoms. The van der Waals surface area contributed by atoms with E-state index in [4.69, 9.17) is 5.73 Å². The molecule has 0 aromatic rings. The summed E-state index contributed by atoms with van der Waals surface area (Å²) in [6.45, 7) is 4.91. The van der Waals surface area contributed by atoms with Gasteiger partial charge < -0.3 is 5.73 Å². The smallest absolute Gasteiger partial charge is 0.184 e. The van der Waals surface area contributed by atoms with Crippen LogP contribution in [0.25, 0.3) is 0 Å². The van der Waals surface area contributed by atoms with Gasteiger partial charge in [0.15, 0.2) is 5.41 Å². The Labute approximate surface area is 112 Å². The van der Waals surface area contributed by atoms with Gasteiger partial charge in [0.2, 0.25) is 0 Å². The van der Waals surface area contributed by atoms with Gasteiger partial charge in [-0.1, -0.05) is 13.3 Å². The lowest BCUT2D eigenvalue weighted by Crippen LogP contribution is -2.40. The molecule has 0 heterocycles. The van der Waals surface area contributed by atoms with Gasteiger partial charge in [0.25, 0.3) is 0 Å². The Balaban J connectivity index is 3.69. The molecule has 0 radical (unpaired) electrons. The lowest BCUT2D eigenvalue weighted by molar-refractivity contribution is -0.126. The van der Waals surface area contributed by atoms with Gasteiger partial charge in [-0.05, 0) is 20.3 Å². The summed E-state index contributed by atoms with van der Waals surface area (Å²) in [4.78, 5) is 12.0. The molecule has 2 atom stereocenters. The van der Waals surface area contributed by atoms with Gasteiger partial charge in [-0.3, -0.25) is 4.79 Å². The lowest BCUT2D eigenvalue weighted by atomic mass is 9.64. The summed E-state index contributed by atoms with van der Waals surface area (Å²) in [6.07, 6.45) is 1.19. The summed E-state index contributed by atoms with van der Waals surface area (Å²) in [5, 5.41) is 28.1. The third-order valence-electron chi connectivity index (χ3n) is 4.22. The molecule has 5 nitrogen and oxygen atoms in total. The quantitative estimate of drug-likeness (QED) is 0.826. The van der Waals surface area contributed by atoms with E-state index < -0.39 is 16.7 Å². The van der Waals surface area contributed by atoms with Crippen LogP contribution in [0.2, 0.25) is 0 Å². The number of rotatable bonds is 3. The number of carbonyl (C=O) groups is 1. The highest BCUT2D eigenvalue weighted by Crippen LogP contribution is 2.57. The molecule has 1 aliphatic carbocycles. The molecule has 98 valence electrons. The van der Waals surface area contributed by atoms with Gasteiger partial charge in [0.1, 0.15) is 5.78 Å². The average molecular weight is 256 g/mol. The van der Waals surface area contributed by atoms with Gasteiger partial charge >= 0.3 is 0 Å². The van der Waals surface area contributed by atoms with E-state index in [-0.39, 0.29) is 17.1 Å². The van der Waals surface area contributed by atoms with Crippen LogP contribution in [-0.2, 0) is 4.79 Å². The van der Waals surface area contributed by atoms with Crippen molar-refractivity contribution in [2.24, 2.45) is 22.5 Å². The maximum absolute atomic E-state index is 12.0. The van der Waals surface area contributed by atoms with E-state index in [1.54, 1.807) is 6.92 Å². The molecule has 19 heavy (non-hydrogen) atoms. The van der Waals surface area contributed by atoms with Crippen molar-refractivity contribution in [2.75, 3.05) is 0 Å². The van der Waals surface area contributed by atoms with Crippen molar-refractivity contribution in [3.05, 3.63) is 11.3 Å². The van der Waals surface area contributed by atoms with Gasteiger partial charge in [0.05, 0.1) is 29.2 Å². The van der Waals surface area contributed by atoms with Crippen LogP contribution in [0.1, 0.15) is 33.6 Å². The highest BCUT2D eigenvalue weighted by atomic mass is 16.1. The van der Waals surface area contributed by atoms with Crippen LogP contribution in [0.5, 0.6) is 0 Å². The van der Waals surface area contributed by atoms with Gasteiger partial charge in [-0.25, -0.2) is 0 Å². The van der Waals surface area contributed by atoms with Crippen molar-refractivity contribution in [3.63, 3.8) is 0 Å². The minimum Gasteiger partial charge on any atom is -0.400 e. The predicted octanol–water partition coefficient (Wildman–Crippen LogP) is 1.78. The van der Waals surface area contributed by atoms with Crippen LogP contribution in [0.15, 0.2) is 11.3 Å². The largest absolute Gasteiger partial charge is 0.400 e. The number of ketones is 1. The first kappa shape index (κ1) is 14.7. The Hall–Kier alpha value is -2.32. The van der Waals surface area contributed by atoms with E-state index in [0.29, 0.717) is 12.8 Å². The number of nitrogens with two attached hydrogens (primary N) is 1. The first-order chi connectivity index (χ1) is 8.86. The Bertz CT molecular complexity index is 556. The average Bonchev–Trinajstić information content (AvgIpc) is 2.58. The third kappa shape index (κ3) is 1.61. The summed E-state index contributed by atoms with van der Waals surface area (Å²) < 4.78 is 0. The second kappa shape index (κ2) is 4.75. The predicted molar refractivity (Wildman–Crippen MR) is 67.7 cm³/mol. The molecular weight excluding hydrogens is 240 g/mol. The Morgan fingerprint density at radius 1 is 1.37 bits per heavy atom. The summed E-state index contributed by atoms with van der Waals surface area (Å²) in [6, 6.07) is 5.72. The first-order valence-corrected chi connectivity index (χ1v) is 6.11. The summed E-state index contributed by atoms with van der Waals surface area (Å²) in [7, 11) is 0. The fourth-order valence-electron chi connectivity index (χ4n) is 2.94. The van der Waals surface area contributed by atoms with Crippen molar-refractivity contribution in [2.45, 2.75) is 33.6 Å². The number of nitriles is 3. The Kier molecular flexibility index (Phi) is 3.68. The summed E-state index contributed by atoms with van der Waals surface area (Å²) in [5.41, 5.74) is 3.23. The molecule has 0 aliphatic heterocycles. The van der Waals surface area contributed by atoms with E-state index in [1.807, 2.05) is 25.1 Å². The van der Waals surface area contributed by atoms with Gasteiger partial charge in [-0.15, -0.1) is 0 Å². The zero-order chi connectivity index (χ0) is 14.8. The molecule has 1 rings (SSSR count). The number of carbonyl (C=O) groups excluding carboxylic acids is 1. The second-order valence-electron chi connectivity index (χ2n) is 5.03. The highest BCUT2D eigenvalue weighted by molar-refractivity contribution is 5.88. The monoisotopic (exact) mass is 256 g/mol. The molecule has 0 saturated heterocycles. The van der Waals surface area contributed by atoms with Crippen LogP contribution in [0.4, 0.5) is 0 Å². The Morgan fingerprint density at radius 3 is 2.21 bits per heavy atom. The molecule has 2 N–H and O–H groups in total. The minimum atomic E-state index is -1.62. The van der Waals surface area contributed by atoms with Crippen molar-refractivity contribution in [1.82, 2.24) is 0 Å². The van der Waals surface area contributed by atoms with Gasteiger partial charge in [-0.2, -0.15) is 15.8 Å². The van der Waals surface area contributed by atoms with Crippen LogP contribution in [0, 0.1) is 50.7 Å². The number of hydrogen-bond acceptors (Lipinski definition) is 5. The highest BCUT2D eigenvalue weighted by Gasteiger charge is 2.62. The van der Waals surface area contributed by atoms with E-state index in [2.05, 4.69) is 0 Å². The van der Waals surface area contributed by atoms with Crippen LogP contribution < -0.4 is 5.73 Å².